The van der Waals surface area contributed by atoms with Crippen LogP contribution in [0.3, 0.4) is 0 Å². The number of rotatable bonds is 5. The first-order valence-electron chi connectivity index (χ1n) is 6.29. The van der Waals surface area contributed by atoms with Gasteiger partial charge in [-0.25, -0.2) is 4.39 Å². The molecule has 1 atom stereocenters. The van der Waals surface area contributed by atoms with Crippen LogP contribution in [0.25, 0.3) is 10.4 Å². The van der Waals surface area contributed by atoms with E-state index in [1.54, 1.807) is 17.4 Å². The molecule has 1 aromatic heterocycles. The monoisotopic (exact) mass is 263 g/mol. The van der Waals surface area contributed by atoms with Crippen molar-refractivity contribution in [1.82, 2.24) is 5.32 Å². The highest BCUT2D eigenvalue weighted by molar-refractivity contribution is 7.13. The van der Waals surface area contributed by atoms with E-state index in [0.29, 0.717) is 5.56 Å². The Hall–Kier alpha value is -1.19. The van der Waals surface area contributed by atoms with Gasteiger partial charge in [-0.05, 0) is 49.0 Å². The molecule has 1 aromatic carbocycles. The lowest BCUT2D eigenvalue weighted by molar-refractivity contribution is 0.568. The zero-order valence-electron chi connectivity index (χ0n) is 10.7. The highest BCUT2D eigenvalue weighted by atomic mass is 32.1. The zero-order valence-corrected chi connectivity index (χ0v) is 11.6. The minimum absolute atomic E-state index is 0.149. The van der Waals surface area contributed by atoms with Crippen molar-refractivity contribution in [3.8, 4) is 10.4 Å². The molecular formula is C15H18FNS. The summed E-state index contributed by atoms with van der Waals surface area (Å²) in [7, 11) is 0. The van der Waals surface area contributed by atoms with Gasteiger partial charge in [-0.2, -0.15) is 0 Å². The van der Waals surface area contributed by atoms with Crippen LogP contribution in [0.2, 0.25) is 0 Å². The number of hydrogen-bond donors (Lipinski definition) is 1. The SMILES string of the molecule is CCCNC(C)c1ccc(F)c(-c2cccs2)c1. The Bertz CT molecular complexity index is 493. The van der Waals surface area contributed by atoms with Crippen molar-refractivity contribution < 1.29 is 4.39 Å². The van der Waals surface area contributed by atoms with Crippen LogP contribution >= 0.6 is 11.3 Å². The third kappa shape index (κ3) is 2.98. The Morgan fingerprint density at radius 3 is 2.83 bits per heavy atom. The molecule has 1 unspecified atom stereocenters. The predicted molar refractivity (Wildman–Crippen MR) is 76.4 cm³/mol. The second kappa shape index (κ2) is 6.12. The minimum Gasteiger partial charge on any atom is -0.310 e. The fourth-order valence-corrected chi connectivity index (χ4v) is 2.66. The third-order valence-electron chi connectivity index (χ3n) is 2.98. The molecule has 18 heavy (non-hydrogen) atoms. The molecule has 0 saturated heterocycles. The van der Waals surface area contributed by atoms with Crippen LogP contribution in [0.15, 0.2) is 35.7 Å². The summed E-state index contributed by atoms with van der Waals surface area (Å²) in [6.07, 6.45) is 1.10. The number of halogens is 1. The normalized spacial score (nSPS) is 12.6. The summed E-state index contributed by atoms with van der Waals surface area (Å²) in [5.74, 6) is -0.149. The van der Waals surface area contributed by atoms with Gasteiger partial charge in [0.05, 0.1) is 0 Å². The zero-order chi connectivity index (χ0) is 13.0. The largest absolute Gasteiger partial charge is 0.310 e. The molecular weight excluding hydrogens is 245 g/mol. The molecule has 3 heteroatoms. The molecule has 0 aliphatic rings. The van der Waals surface area contributed by atoms with E-state index < -0.39 is 0 Å². The molecule has 1 nitrogen and oxygen atoms in total. The van der Waals surface area contributed by atoms with Crippen LogP contribution in [0.5, 0.6) is 0 Å². The lowest BCUT2D eigenvalue weighted by atomic mass is 10.0. The molecule has 0 aliphatic carbocycles. The van der Waals surface area contributed by atoms with Gasteiger partial charge in [-0.3, -0.25) is 0 Å². The smallest absolute Gasteiger partial charge is 0.131 e. The third-order valence-corrected chi connectivity index (χ3v) is 3.88. The van der Waals surface area contributed by atoms with Gasteiger partial charge in [0.15, 0.2) is 0 Å². The number of nitrogens with one attached hydrogen (secondary N) is 1. The lowest BCUT2D eigenvalue weighted by Crippen LogP contribution is -2.19. The Kier molecular flexibility index (Phi) is 4.50. The first-order chi connectivity index (χ1) is 8.72. The fraction of sp³-hybridized carbons (Fsp3) is 0.333. The van der Waals surface area contributed by atoms with Crippen molar-refractivity contribution in [2.75, 3.05) is 6.54 Å². The van der Waals surface area contributed by atoms with Crippen LogP contribution in [-0.4, -0.2) is 6.54 Å². The molecule has 1 N–H and O–H groups in total. The van der Waals surface area contributed by atoms with Gasteiger partial charge in [0.2, 0.25) is 0 Å². The van der Waals surface area contributed by atoms with Gasteiger partial charge in [0.1, 0.15) is 5.82 Å². The summed E-state index contributed by atoms with van der Waals surface area (Å²) >= 11 is 1.57. The molecule has 0 aliphatic heterocycles. The van der Waals surface area contributed by atoms with Crippen molar-refractivity contribution in [1.29, 1.82) is 0 Å². The molecule has 0 amide bonds. The van der Waals surface area contributed by atoms with Gasteiger partial charge in [0.25, 0.3) is 0 Å². The molecule has 0 fully saturated rings. The molecule has 0 spiro atoms. The molecule has 0 bridgehead atoms. The summed E-state index contributed by atoms with van der Waals surface area (Å²) in [6.45, 7) is 5.23. The molecule has 1 heterocycles. The van der Waals surface area contributed by atoms with E-state index in [-0.39, 0.29) is 11.9 Å². The predicted octanol–water partition coefficient (Wildman–Crippen LogP) is 4.61. The fourth-order valence-electron chi connectivity index (χ4n) is 1.91. The van der Waals surface area contributed by atoms with Crippen molar-refractivity contribution in [3.63, 3.8) is 0 Å². The average Bonchev–Trinajstić information content (AvgIpc) is 2.90. The molecule has 0 saturated carbocycles. The molecule has 0 radical (unpaired) electrons. The quantitative estimate of drug-likeness (QED) is 0.830. The minimum atomic E-state index is -0.149. The summed E-state index contributed by atoms with van der Waals surface area (Å²) in [5.41, 5.74) is 1.83. The van der Waals surface area contributed by atoms with Crippen molar-refractivity contribution in [3.05, 3.63) is 47.1 Å². The average molecular weight is 263 g/mol. The van der Waals surface area contributed by atoms with Gasteiger partial charge < -0.3 is 5.32 Å². The van der Waals surface area contributed by atoms with E-state index in [2.05, 4.69) is 19.2 Å². The highest BCUT2D eigenvalue weighted by Gasteiger charge is 2.10. The second-order valence-corrected chi connectivity index (χ2v) is 5.34. The number of thiophene rings is 1. The van der Waals surface area contributed by atoms with Gasteiger partial charge in [0, 0.05) is 16.5 Å². The van der Waals surface area contributed by atoms with E-state index in [0.717, 1.165) is 23.4 Å². The van der Waals surface area contributed by atoms with Gasteiger partial charge in [-0.15, -0.1) is 11.3 Å². The van der Waals surface area contributed by atoms with Crippen molar-refractivity contribution >= 4 is 11.3 Å². The molecule has 96 valence electrons. The van der Waals surface area contributed by atoms with Crippen molar-refractivity contribution in [2.45, 2.75) is 26.3 Å². The Morgan fingerprint density at radius 1 is 1.33 bits per heavy atom. The Morgan fingerprint density at radius 2 is 2.17 bits per heavy atom. The van der Waals surface area contributed by atoms with Crippen LogP contribution in [0.1, 0.15) is 31.9 Å². The molecule has 2 rings (SSSR count). The summed E-state index contributed by atoms with van der Waals surface area (Å²) in [5, 5.41) is 5.39. The van der Waals surface area contributed by atoms with Crippen LogP contribution in [0.4, 0.5) is 4.39 Å². The maximum atomic E-state index is 13.8. The van der Waals surface area contributed by atoms with Crippen molar-refractivity contribution in [2.24, 2.45) is 0 Å². The van der Waals surface area contributed by atoms with Gasteiger partial charge in [-0.1, -0.05) is 19.1 Å². The second-order valence-electron chi connectivity index (χ2n) is 4.39. The maximum absolute atomic E-state index is 13.8. The maximum Gasteiger partial charge on any atom is 0.131 e. The summed E-state index contributed by atoms with van der Waals surface area (Å²) < 4.78 is 13.8. The highest BCUT2D eigenvalue weighted by Crippen LogP contribution is 2.29. The number of benzene rings is 1. The van der Waals surface area contributed by atoms with E-state index in [1.807, 2.05) is 29.6 Å². The van der Waals surface area contributed by atoms with Crippen LogP contribution < -0.4 is 5.32 Å². The van der Waals surface area contributed by atoms with E-state index in [1.165, 1.54) is 0 Å². The topological polar surface area (TPSA) is 12.0 Å². The Labute approximate surface area is 112 Å². The molecule has 2 aromatic rings. The lowest BCUT2D eigenvalue weighted by Gasteiger charge is -2.14. The summed E-state index contributed by atoms with van der Waals surface area (Å²) in [6, 6.07) is 9.54. The van der Waals surface area contributed by atoms with Gasteiger partial charge >= 0.3 is 0 Å². The first-order valence-corrected chi connectivity index (χ1v) is 7.17. The first kappa shape index (κ1) is 13.2. The summed E-state index contributed by atoms with van der Waals surface area (Å²) in [4.78, 5) is 0.983. The van der Waals surface area contributed by atoms with E-state index in [9.17, 15) is 4.39 Å². The standard InChI is InChI=1S/C15H18FNS/c1-3-8-17-11(2)12-6-7-14(16)13(10-12)15-5-4-9-18-15/h4-7,9-11,17H,3,8H2,1-2H3. The van der Waals surface area contributed by atoms with Crippen LogP contribution in [-0.2, 0) is 0 Å². The Balaban J connectivity index is 2.26. The number of hydrogen-bond acceptors (Lipinski definition) is 2. The van der Waals surface area contributed by atoms with Crippen LogP contribution in [0, 0.1) is 5.82 Å². The van der Waals surface area contributed by atoms with E-state index in [4.69, 9.17) is 0 Å². The van der Waals surface area contributed by atoms with E-state index >= 15 is 0 Å².